The maximum absolute atomic E-state index is 11.3. The molecule has 1 aromatic carbocycles. The zero-order valence-corrected chi connectivity index (χ0v) is 11.5. The Bertz CT molecular complexity index is 693. The number of benzene rings is 1. The quantitative estimate of drug-likeness (QED) is 0.843. The molecule has 102 valence electrons. The molecule has 0 saturated carbocycles. The Morgan fingerprint density at radius 1 is 1.42 bits per heavy atom. The molecule has 2 rings (SSSR count). The first-order valence-corrected chi connectivity index (χ1v) is 7.13. The van der Waals surface area contributed by atoms with E-state index in [9.17, 15) is 8.42 Å². The molecule has 0 atom stereocenters. The highest BCUT2D eigenvalue weighted by Crippen LogP contribution is 2.19. The van der Waals surface area contributed by atoms with Crippen LogP contribution in [0.2, 0.25) is 0 Å². The average molecular weight is 281 g/mol. The molecule has 0 aliphatic carbocycles. The predicted molar refractivity (Wildman–Crippen MR) is 70.9 cm³/mol. The van der Waals surface area contributed by atoms with Crippen LogP contribution in [0.1, 0.15) is 11.3 Å². The monoisotopic (exact) mass is 281 g/mol. The number of aryl methyl sites for hydroxylation is 2. The predicted octanol–water partition coefficient (Wildman–Crippen LogP) is 0.383. The number of anilines is 1. The van der Waals surface area contributed by atoms with Gasteiger partial charge in [-0.05, 0) is 24.6 Å². The van der Waals surface area contributed by atoms with Crippen LogP contribution in [0.4, 0.5) is 5.69 Å². The minimum atomic E-state index is -3.69. The molecule has 0 spiro atoms. The van der Waals surface area contributed by atoms with E-state index in [0.717, 1.165) is 11.3 Å². The van der Waals surface area contributed by atoms with Gasteiger partial charge in [0.2, 0.25) is 10.0 Å². The van der Waals surface area contributed by atoms with Crippen molar-refractivity contribution in [1.29, 1.82) is 0 Å². The zero-order valence-electron chi connectivity index (χ0n) is 10.7. The second kappa shape index (κ2) is 4.98. The van der Waals surface area contributed by atoms with Crippen molar-refractivity contribution in [3.63, 3.8) is 0 Å². The molecular weight excluding hydrogens is 266 g/mol. The van der Waals surface area contributed by atoms with E-state index in [4.69, 9.17) is 5.14 Å². The largest absolute Gasteiger partial charge is 0.379 e. The minimum Gasteiger partial charge on any atom is -0.379 e. The fourth-order valence-electron chi connectivity index (χ4n) is 1.63. The third kappa shape index (κ3) is 3.09. The number of primary sulfonamides is 1. The molecule has 0 unspecified atom stereocenters. The second-order valence-electron chi connectivity index (χ2n) is 4.22. The lowest BCUT2D eigenvalue weighted by atomic mass is 10.2. The molecule has 8 heteroatoms. The van der Waals surface area contributed by atoms with Crippen molar-refractivity contribution in [2.24, 2.45) is 12.2 Å². The van der Waals surface area contributed by atoms with Crippen molar-refractivity contribution in [3.8, 4) is 0 Å². The lowest BCUT2D eigenvalue weighted by molar-refractivity contribution is 0.598. The van der Waals surface area contributed by atoms with Crippen LogP contribution < -0.4 is 10.5 Å². The zero-order chi connectivity index (χ0) is 14.0. The van der Waals surface area contributed by atoms with Crippen molar-refractivity contribution in [2.45, 2.75) is 18.4 Å². The van der Waals surface area contributed by atoms with Gasteiger partial charge in [0.1, 0.15) is 0 Å². The summed E-state index contributed by atoms with van der Waals surface area (Å²) in [6.45, 7) is 2.38. The van der Waals surface area contributed by atoms with Gasteiger partial charge in [-0.2, -0.15) is 0 Å². The lowest BCUT2D eigenvalue weighted by Gasteiger charge is -2.10. The molecule has 7 nitrogen and oxygen atoms in total. The summed E-state index contributed by atoms with van der Waals surface area (Å²) in [6.07, 6.45) is 1.64. The van der Waals surface area contributed by atoms with Crippen LogP contribution in [0.3, 0.4) is 0 Å². The molecule has 0 radical (unpaired) electrons. The number of nitrogens with zero attached hydrogens (tertiary/aromatic N) is 3. The minimum absolute atomic E-state index is 0.0868. The molecule has 0 aliphatic heterocycles. The van der Waals surface area contributed by atoms with Gasteiger partial charge < -0.3 is 5.32 Å². The summed E-state index contributed by atoms with van der Waals surface area (Å²) in [5.41, 5.74) is 2.54. The van der Waals surface area contributed by atoms with Crippen molar-refractivity contribution in [3.05, 3.63) is 35.7 Å². The highest BCUT2D eigenvalue weighted by atomic mass is 32.2. The van der Waals surface area contributed by atoms with Gasteiger partial charge in [0.05, 0.1) is 23.3 Å². The van der Waals surface area contributed by atoms with E-state index in [-0.39, 0.29) is 4.90 Å². The number of aromatic nitrogens is 3. The lowest BCUT2D eigenvalue weighted by Crippen LogP contribution is -2.13. The van der Waals surface area contributed by atoms with Gasteiger partial charge >= 0.3 is 0 Å². The average Bonchev–Trinajstić information content (AvgIpc) is 2.72. The first-order chi connectivity index (χ1) is 8.88. The summed E-state index contributed by atoms with van der Waals surface area (Å²) in [7, 11) is -1.90. The maximum atomic E-state index is 11.3. The van der Waals surface area contributed by atoms with Crippen molar-refractivity contribution in [2.75, 3.05) is 5.32 Å². The fourth-order valence-corrected chi connectivity index (χ4v) is 2.17. The molecule has 0 saturated heterocycles. The third-order valence-electron chi connectivity index (χ3n) is 2.81. The smallest absolute Gasteiger partial charge is 0.238 e. The SMILES string of the molecule is Cc1ccc(S(N)(=O)=O)cc1NCc1cnnn1C. The van der Waals surface area contributed by atoms with Gasteiger partial charge in [0, 0.05) is 12.7 Å². The molecular formula is C11H15N5O2S. The summed E-state index contributed by atoms with van der Waals surface area (Å²) < 4.78 is 24.3. The van der Waals surface area contributed by atoms with Gasteiger partial charge in [0.25, 0.3) is 0 Å². The summed E-state index contributed by atoms with van der Waals surface area (Å²) in [4.78, 5) is 0.0868. The van der Waals surface area contributed by atoms with Gasteiger partial charge in [-0.1, -0.05) is 11.3 Å². The topological polar surface area (TPSA) is 103 Å². The Morgan fingerprint density at radius 2 is 2.16 bits per heavy atom. The number of rotatable bonds is 4. The highest BCUT2D eigenvalue weighted by Gasteiger charge is 2.10. The molecule has 3 N–H and O–H groups in total. The Morgan fingerprint density at radius 3 is 2.74 bits per heavy atom. The fraction of sp³-hybridized carbons (Fsp3) is 0.273. The number of sulfonamides is 1. The number of nitrogens with two attached hydrogens (primary N) is 1. The van der Waals surface area contributed by atoms with Crippen LogP contribution in [0.15, 0.2) is 29.3 Å². The van der Waals surface area contributed by atoms with E-state index in [0.29, 0.717) is 12.2 Å². The van der Waals surface area contributed by atoms with Crippen LogP contribution in [-0.2, 0) is 23.6 Å². The van der Waals surface area contributed by atoms with E-state index in [1.54, 1.807) is 24.0 Å². The van der Waals surface area contributed by atoms with E-state index in [1.807, 2.05) is 6.92 Å². The molecule has 0 aliphatic rings. The number of nitrogens with one attached hydrogen (secondary N) is 1. The normalized spacial score (nSPS) is 11.5. The van der Waals surface area contributed by atoms with Gasteiger partial charge in [0.15, 0.2) is 0 Å². The molecule has 2 aromatic rings. The Labute approximate surface area is 111 Å². The van der Waals surface area contributed by atoms with Crippen molar-refractivity contribution < 1.29 is 8.42 Å². The molecule has 0 fully saturated rings. The Kier molecular flexibility index (Phi) is 3.54. The second-order valence-corrected chi connectivity index (χ2v) is 5.79. The first-order valence-electron chi connectivity index (χ1n) is 5.59. The van der Waals surface area contributed by atoms with Crippen molar-refractivity contribution in [1.82, 2.24) is 15.0 Å². The van der Waals surface area contributed by atoms with Crippen LogP contribution in [0, 0.1) is 6.92 Å². The van der Waals surface area contributed by atoms with Gasteiger partial charge in [-0.3, -0.25) is 4.68 Å². The van der Waals surface area contributed by atoms with Gasteiger partial charge in [-0.25, -0.2) is 13.6 Å². The van der Waals surface area contributed by atoms with E-state index in [2.05, 4.69) is 15.6 Å². The van der Waals surface area contributed by atoms with Crippen molar-refractivity contribution >= 4 is 15.7 Å². The molecule has 1 heterocycles. The van der Waals surface area contributed by atoms with E-state index < -0.39 is 10.0 Å². The molecule has 19 heavy (non-hydrogen) atoms. The first kappa shape index (κ1) is 13.5. The Balaban J connectivity index is 2.23. The third-order valence-corrected chi connectivity index (χ3v) is 3.72. The highest BCUT2D eigenvalue weighted by molar-refractivity contribution is 7.89. The molecule has 1 aromatic heterocycles. The van der Waals surface area contributed by atoms with Crippen LogP contribution >= 0.6 is 0 Å². The maximum Gasteiger partial charge on any atom is 0.238 e. The summed E-state index contributed by atoms with van der Waals surface area (Å²) in [5, 5.41) is 15.8. The van der Waals surface area contributed by atoms with Gasteiger partial charge in [-0.15, -0.1) is 5.10 Å². The van der Waals surface area contributed by atoms with Crippen LogP contribution in [0.25, 0.3) is 0 Å². The Hall–Kier alpha value is -1.93. The standard InChI is InChI=1S/C11H15N5O2S/c1-8-3-4-10(19(12,17)18)5-11(8)13-6-9-7-14-15-16(9)2/h3-5,7,13H,6H2,1-2H3,(H2,12,17,18). The van der Waals surface area contributed by atoms with Crippen LogP contribution in [0.5, 0.6) is 0 Å². The summed E-state index contributed by atoms with van der Waals surface area (Å²) >= 11 is 0. The van der Waals surface area contributed by atoms with E-state index >= 15 is 0 Å². The summed E-state index contributed by atoms with van der Waals surface area (Å²) in [6, 6.07) is 4.72. The molecule has 0 amide bonds. The van der Waals surface area contributed by atoms with E-state index in [1.165, 1.54) is 12.1 Å². The molecule has 0 bridgehead atoms. The number of hydrogen-bond donors (Lipinski definition) is 2. The van der Waals surface area contributed by atoms with Crippen LogP contribution in [-0.4, -0.2) is 23.4 Å². The summed E-state index contributed by atoms with van der Waals surface area (Å²) in [5.74, 6) is 0. The number of hydrogen-bond acceptors (Lipinski definition) is 5.